The molecule has 57 heavy (non-hydrogen) atoms. The van der Waals surface area contributed by atoms with Gasteiger partial charge < -0.3 is 8.39 Å². The quantitative estimate of drug-likeness (QED) is 0.166. The van der Waals surface area contributed by atoms with Gasteiger partial charge in [0.05, 0.1) is 22.3 Å². The molecule has 1 saturated heterocycles. The van der Waals surface area contributed by atoms with Crippen LogP contribution < -0.4 is 4.67 Å². The van der Waals surface area contributed by atoms with Gasteiger partial charge in [0.15, 0.2) is 11.2 Å². The topological polar surface area (TPSA) is 29.5 Å². The van der Waals surface area contributed by atoms with Crippen molar-refractivity contribution in [1.82, 2.24) is 0 Å². The third-order valence-electron chi connectivity index (χ3n) is 9.95. The van der Waals surface area contributed by atoms with E-state index in [0.717, 1.165) is 6.42 Å². The standard InChI is InChI=1S/C41H26F12NO2P/c42-38(43,44)26-14-24(15-27(20-26)39(45,46)47)32-18-22-8-2-4-10-30(22)34-35-31-11-5-3-9-23(31)19-33(25-16-28(40(48,49)50)21-29(17-25)41(51,52)53)37(35)56-57(55-36(32)34)54-12-6-1-7-13-54/h2-5,8-11,14-21H,1,6-7,12-13H2. The van der Waals surface area contributed by atoms with Crippen LogP contribution in [-0.2, 0) is 24.7 Å². The zero-order chi connectivity index (χ0) is 40.7. The first-order valence-electron chi connectivity index (χ1n) is 17.4. The Labute approximate surface area is 315 Å². The first-order chi connectivity index (χ1) is 26.8. The number of piperidine rings is 1. The number of alkyl halides is 12. The second-order valence-electron chi connectivity index (χ2n) is 13.7. The Kier molecular flexibility index (Phi) is 9.35. The Morgan fingerprint density at radius 1 is 0.439 bits per heavy atom. The molecule has 0 radical (unpaired) electrons. The number of rotatable bonds is 3. The fourth-order valence-corrected chi connectivity index (χ4v) is 8.89. The summed E-state index contributed by atoms with van der Waals surface area (Å²) < 4.78 is 186. The molecule has 6 aromatic carbocycles. The number of hydrogen-bond acceptors (Lipinski definition) is 3. The van der Waals surface area contributed by atoms with E-state index >= 15 is 0 Å². The van der Waals surface area contributed by atoms with Gasteiger partial charge in [-0.3, -0.25) is 0 Å². The monoisotopic (exact) mass is 823 g/mol. The number of fused-ring (bicyclic) bond motifs is 7. The normalized spacial score (nSPS) is 14.9. The Hall–Kier alpha value is -5.14. The second-order valence-corrected chi connectivity index (χ2v) is 15.1. The third kappa shape index (κ3) is 7.31. The van der Waals surface area contributed by atoms with E-state index < -0.39 is 66.2 Å². The number of nitrogens with zero attached hydrogens (tertiary/aromatic N) is 1. The van der Waals surface area contributed by atoms with E-state index in [4.69, 9.17) is 8.39 Å². The highest BCUT2D eigenvalue weighted by atomic mass is 31.1. The lowest BCUT2D eigenvalue weighted by Crippen LogP contribution is -2.26. The van der Waals surface area contributed by atoms with Crippen LogP contribution in [0.25, 0.3) is 65.7 Å². The van der Waals surface area contributed by atoms with Crippen LogP contribution in [0.3, 0.4) is 0 Å². The molecule has 0 unspecified atom stereocenters. The fourth-order valence-electron chi connectivity index (χ4n) is 7.32. The van der Waals surface area contributed by atoms with Crippen LogP contribution >= 0.6 is 8.16 Å². The average Bonchev–Trinajstić information content (AvgIpc) is 3.34. The van der Waals surface area contributed by atoms with Crippen molar-refractivity contribution in [2.45, 2.75) is 44.0 Å². The Morgan fingerprint density at radius 2 is 0.789 bits per heavy atom. The number of hydrogen-bond donors (Lipinski definition) is 0. The van der Waals surface area contributed by atoms with E-state index in [1.54, 1.807) is 53.2 Å². The summed E-state index contributed by atoms with van der Waals surface area (Å²) >= 11 is 0. The lowest BCUT2D eigenvalue weighted by Gasteiger charge is -2.23. The summed E-state index contributed by atoms with van der Waals surface area (Å²) in [7, 11) is -2.39. The zero-order valence-corrected chi connectivity index (χ0v) is 29.9. The van der Waals surface area contributed by atoms with Crippen LogP contribution in [-0.4, -0.2) is 13.1 Å². The van der Waals surface area contributed by atoms with Gasteiger partial charge >= 0.3 is 32.9 Å². The molecule has 1 aliphatic heterocycles. The van der Waals surface area contributed by atoms with E-state index in [9.17, 15) is 52.7 Å². The van der Waals surface area contributed by atoms with Gasteiger partial charge in [0, 0.05) is 35.0 Å². The van der Waals surface area contributed by atoms with Gasteiger partial charge in [-0.25, -0.2) is 4.67 Å². The molecule has 0 N–H and O–H groups in total. The number of halogens is 12. The molecule has 8 rings (SSSR count). The van der Waals surface area contributed by atoms with E-state index in [-0.39, 0.29) is 45.2 Å². The van der Waals surface area contributed by atoms with Crippen molar-refractivity contribution in [3.8, 4) is 22.3 Å². The van der Waals surface area contributed by atoms with Gasteiger partial charge in [0.1, 0.15) is 0 Å². The molecule has 7 aromatic rings. The molecule has 0 saturated carbocycles. The summed E-state index contributed by atoms with van der Waals surface area (Å²) in [5, 5.41) is 1.66. The first kappa shape index (κ1) is 38.7. The summed E-state index contributed by atoms with van der Waals surface area (Å²) in [6, 6.07) is 18.0. The fraction of sp³-hybridized carbons (Fsp3) is 0.220. The van der Waals surface area contributed by atoms with Crippen LogP contribution in [0.2, 0.25) is 0 Å². The largest absolute Gasteiger partial charge is 0.416 e. The van der Waals surface area contributed by atoms with Crippen LogP contribution in [0, 0.1) is 0 Å². The Bertz CT molecular complexity index is 2500. The van der Waals surface area contributed by atoms with Crippen LogP contribution in [0.5, 0.6) is 0 Å². The maximum absolute atomic E-state index is 14.2. The minimum atomic E-state index is -5.19. The highest BCUT2D eigenvalue weighted by molar-refractivity contribution is 7.39. The molecule has 1 aromatic heterocycles. The molecule has 16 heteroatoms. The molecule has 0 atom stereocenters. The van der Waals surface area contributed by atoms with Gasteiger partial charge in [-0.15, -0.1) is 0 Å². The summed E-state index contributed by atoms with van der Waals surface area (Å²) in [5.41, 5.74) is -7.97. The molecule has 0 bridgehead atoms. The van der Waals surface area contributed by atoms with E-state index in [2.05, 4.69) is 0 Å². The number of benzene rings is 6. The highest BCUT2D eigenvalue weighted by Crippen LogP contribution is 2.50. The predicted molar refractivity (Wildman–Crippen MR) is 194 cm³/mol. The van der Waals surface area contributed by atoms with Crippen molar-refractivity contribution in [2.24, 2.45) is 0 Å². The highest BCUT2D eigenvalue weighted by Gasteiger charge is 2.39. The Balaban J connectivity index is 1.63. The lowest BCUT2D eigenvalue weighted by atomic mass is 9.90. The van der Waals surface area contributed by atoms with E-state index in [1.165, 1.54) is 12.1 Å². The van der Waals surface area contributed by atoms with Crippen LogP contribution in [0.4, 0.5) is 52.7 Å². The summed E-state index contributed by atoms with van der Waals surface area (Å²) in [5.74, 6) is 0. The molecule has 1 aliphatic rings. The second kappa shape index (κ2) is 13.8. The van der Waals surface area contributed by atoms with Crippen molar-refractivity contribution in [2.75, 3.05) is 17.8 Å². The van der Waals surface area contributed by atoms with Gasteiger partial charge in [-0.2, -0.15) is 52.7 Å². The molecule has 0 spiro atoms. The van der Waals surface area contributed by atoms with Crippen molar-refractivity contribution >= 4 is 51.6 Å². The maximum atomic E-state index is 14.2. The van der Waals surface area contributed by atoms with Crippen molar-refractivity contribution in [3.63, 3.8) is 0 Å². The minimum Gasteiger partial charge on any atom is -0.407 e. The van der Waals surface area contributed by atoms with E-state index in [1.807, 2.05) is 0 Å². The summed E-state index contributed by atoms with van der Waals surface area (Å²) in [6.45, 7) is 0.734. The molecular formula is C41H26F12NO2P. The summed E-state index contributed by atoms with van der Waals surface area (Å²) in [4.78, 5) is 0. The smallest absolute Gasteiger partial charge is 0.407 e. The van der Waals surface area contributed by atoms with Gasteiger partial charge in [-0.05, 0) is 94.0 Å². The van der Waals surface area contributed by atoms with Crippen LogP contribution in [0.1, 0.15) is 41.5 Å². The zero-order valence-electron chi connectivity index (χ0n) is 29.0. The van der Waals surface area contributed by atoms with Crippen molar-refractivity contribution < 1.29 is 61.1 Å². The molecular weight excluding hydrogens is 797 g/mol. The average molecular weight is 824 g/mol. The van der Waals surface area contributed by atoms with Gasteiger partial charge in [0.25, 0.3) is 0 Å². The molecule has 296 valence electrons. The van der Waals surface area contributed by atoms with E-state index in [0.29, 0.717) is 71.7 Å². The van der Waals surface area contributed by atoms with Crippen molar-refractivity contribution in [1.29, 1.82) is 0 Å². The molecule has 0 amide bonds. The first-order valence-corrected chi connectivity index (χ1v) is 18.5. The molecule has 3 nitrogen and oxygen atoms in total. The third-order valence-corrected chi connectivity index (χ3v) is 11.5. The summed E-state index contributed by atoms with van der Waals surface area (Å²) in [6.07, 6.45) is -18.7. The van der Waals surface area contributed by atoms with Crippen molar-refractivity contribution in [3.05, 3.63) is 119 Å². The lowest BCUT2D eigenvalue weighted by molar-refractivity contribution is -0.144. The predicted octanol–water partition coefficient (Wildman–Crippen LogP) is 15.1. The maximum Gasteiger partial charge on any atom is 0.416 e. The van der Waals surface area contributed by atoms with Gasteiger partial charge in [-0.1, -0.05) is 55.0 Å². The molecule has 0 aliphatic carbocycles. The Morgan fingerprint density at radius 3 is 1.14 bits per heavy atom. The molecule has 1 fully saturated rings. The molecule has 2 heterocycles. The minimum absolute atomic E-state index is 0.00710. The van der Waals surface area contributed by atoms with Crippen LogP contribution in [0.15, 0.2) is 105 Å². The van der Waals surface area contributed by atoms with Gasteiger partial charge in [0.2, 0.25) is 0 Å². The SMILES string of the molecule is FC(F)(F)c1cc(-c2cc3ccccc3c3c2op(N2CCCCC2)oc2c(-c4cc(C(F)(F)F)cc(C(F)(F)F)c4)cc4ccccc4c23)cc(C(F)(F)F)c1.